The Bertz CT molecular complexity index is 97.2. The third-order valence-corrected chi connectivity index (χ3v) is 5.40. The van der Waals surface area contributed by atoms with Crippen LogP contribution in [0.25, 0.3) is 0 Å². The molecule has 1 aliphatic carbocycles. The molecule has 0 aromatic rings. The zero-order valence-electron chi connectivity index (χ0n) is 7.11. The van der Waals surface area contributed by atoms with Crippen molar-refractivity contribution in [3.63, 3.8) is 0 Å². The fraction of sp³-hybridized carbons (Fsp3) is 1.00. The smallest absolute Gasteiger partial charge is 0.00598 e. The lowest BCUT2D eigenvalue weighted by Crippen LogP contribution is -2.25. The zero-order valence-corrected chi connectivity index (χ0v) is 11.9. The number of hydrogen-bond acceptors (Lipinski definition) is 0. The summed E-state index contributed by atoms with van der Waals surface area (Å²) in [6.45, 7) is 0. The molecule has 1 aliphatic rings. The van der Waals surface area contributed by atoms with Gasteiger partial charge in [-0.1, -0.05) is 47.8 Å². The predicted molar refractivity (Wildman–Crippen MR) is 65.7 cm³/mol. The van der Waals surface area contributed by atoms with E-state index < -0.39 is 0 Å². The van der Waals surface area contributed by atoms with Crippen LogP contribution in [0.2, 0.25) is 0 Å². The van der Waals surface area contributed by atoms with E-state index in [1.807, 2.05) is 0 Å². The largest absolute Gasteiger partial charge is 0.0925 e. The van der Waals surface area contributed by atoms with Gasteiger partial charge in [0.05, 0.1) is 0 Å². The Morgan fingerprint density at radius 2 is 0.917 bits per heavy atom. The van der Waals surface area contributed by atoms with Crippen LogP contribution in [-0.2, 0) is 0 Å². The van der Waals surface area contributed by atoms with E-state index in [1.54, 1.807) is 0 Å². The molecule has 0 aromatic heterocycles. The van der Waals surface area contributed by atoms with Crippen molar-refractivity contribution in [1.29, 1.82) is 0 Å². The summed E-state index contributed by atoms with van der Waals surface area (Å²) in [7, 11) is 0. The van der Waals surface area contributed by atoms with Gasteiger partial charge in [-0.2, -0.15) is 0 Å². The first-order chi connectivity index (χ1) is 5.80. The summed E-state index contributed by atoms with van der Waals surface area (Å²) in [6, 6.07) is 0. The SMILES string of the molecule is BrCC1CC(CBr)CC(CBr)C1. The standard InChI is InChI=1S/C9H15Br3/c10-4-7-1-8(5-11)3-9(2-7)6-12/h7-9H,1-6H2. The predicted octanol–water partition coefficient (Wildman–Crippen LogP) is 4.20. The second kappa shape index (κ2) is 6.02. The minimum Gasteiger partial charge on any atom is -0.0925 e. The molecule has 0 unspecified atom stereocenters. The summed E-state index contributed by atoms with van der Waals surface area (Å²) in [5.41, 5.74) is 0. The molecule has 0 radical (unpaired) electrons. The van der Waals surface area contributed by atoms with Crippen LogP contribution in [0, 0.1) is 17.8 Å². The van der Waals surface area contributed by atoms with Crippen LogP contribution in [0.4, 0.5) is 0 Å². The van der Waals surface area contributed by atoms with Gasteiger partial charge in [0.25, 0.3) is 0 Å². The van der Waals surface area contributed by atoms with Gasteiger partial charge in [0, 0.05) is 16.0 Å². The topological polar surface area (TPSA) is 0 Å². The highest BCUT2D eigenvalue weighted by molar-refractivity contribution is 9.09. The highest BCUT2D eigenvalue weighted by atomic mass is 79.9. The molecule has 1 saturated carbocycles. The van der Waals surface area contributed by atoms with Gasteiger partial charge in [-0.05, 0) is 37.0 Å². The highest BCUT2D eigenvalue weighted by Gasteiger charge is 2.26. The van der Waals surface area contributed by atoms with Crippen molar-refractivity contribution < 1.29 is 0 Å². The van der Waals surface area contributed by atoms with E-state index in [1.165, 1.54) is 35.3 Å². The van der Waals surface area contributed by atoms with E-state index in [0.29, 0.717) is 0 Å². The molecule has 0 aromatic carbocycles. The molecule has 0 atom stereocenters. The Balaban J connectivity index is 2.41. The molecule has 0 nitrogen and oxygen atoms in total. The fourth-order valence-corrected chi connectivity index (χ4v) is 3.67. The van der Waals surface area contributed by atoms with E-state index >= 15 is 0 Å². The van der Waals surface area contributed by atoms with Gasteiger partial charge in [0.15, 0.2) is 0 Å². The molecule has 3 heteroatoms. The molecule has 1 fully saturated rings. The molecule has 1 rings (SSSR count). The lowest BCUT2D eigenvalue weighted by atomic mass is 9.77. The summed E-state index contributed by atoms with van der Waals surface area (Å²) in [5, 5.41) is 3.54. The number of halogens is 3. The van der Waals surface area contributed by atoms with E-state index in [9.17, 15) is 0 Å². The fourth-order valence-electron chi connectivity index (χ4n) is 2.08. The Morgan fingerprint density at radius 1 is 0.667 bits per heavy atom. The van der Waals surface area contributed by atoms with Crippen LogP contribution in [0.5, 0.6) is 0 Å². The molecule has 0 bridgehead atoms. The minimum absolute atomic E-state index is 0.906. The van der Waals surface area contributed by atoms with Gasteiger partial charge in [0.1, 0.15) is 0 Å². The Kier molecular flexibility index (Phi) is 5.78. The van der Waals surface area contributed by atoms with Gasteiger partial charge in [-0.3, -0.25) is 0 Å². The molecular weight excluding hydrogens is 348 g/mol. The maximum Gasteiger partial charge on any atom is 0.00598 e. The molecule has 12 heavy (non-hydrogen) atoms. The van der Waals surface area contributed by atoms with Gasteiger partial charge in [-0.25, -0.2) is 0 Å². The van der Waals surface area contributed by atoms with Crippen LogP contribution in [0.1, 0.15) is 19.3 Å². The Labute approximate surface area is 100 Å². The summed E-state index contributed by atoms with van der Waals surface area (Å²) in [5.74, 6) is 2.72. The Hall–Kier alpha value is 1.44. The number of hydrogen-bond donors (Lipinski definition) is 0. The van der Waals surface area contributed by atoms with Crippen LogP contribution in [-0.4, -0.2) is 16.0 Å². The Morgan fingerprint density at radius 3 is 1.08 bits per heavy atom. The average Bonchev–Trinajstić information content (AvgIpc) is 2.16. The molecule has 0 aliphatic heterocycles. The third-order valence-electron chi connectivity index (χ3n) is 2.65. The molecule has 0 amide bonds. The number of rotatable bonds is 3. The molecule has 0 spiro atoms. The maximum absolute atomic E-state index is 3.59. The van der Waals surface area contributed by atoms with Gasteiger partial charge >= 0.3 is 0 Å². The zero-order chi connectivity index (χ0) is 8.97. The van der Waals surface area contributed by atoms with Crippen molar-refractivity contribution in [2.45, 2.75) is 19.3 Å². The van der Waals surface area contributed by atoms with Crippen molar-refractivity contribution in [2.24, 2.45) is 17.8 Å². The molecular formula is C9H15Br3. The van der Waals surface area contributed by atoms with Crippen LogP contribution >= 0.6 is 47.8 Å². The summed E-state index contributed by atoms with van der Waals surface area (Å²) in [4.78, 5) is 0. The van der Waals surface area contributed by atoms with Gasteiger partial charge in [0.2, 0.25) is 0 Å². The van der Waals surface area contributed by atoms with E-state index in [0.717, 1.165) is 17.8 Å². The first-order valence-electron chi connectivity index (χ1n) is 4.48. The average molecular weight is 363 g/mol. The second-order valence-corrected chi connectivity index (χ2v) is 5.71. The van der Waals surface area contributed by atoms with Gasteiger partial charge < -0.3 is 0 Å². The molecule has 0 N–H and O–H groups in total. The monoisotopic (exact) mass is 360 g/mol. The van der Waals surface area contributed by atoms with E-state index in [2.05, 4.69) is 47.8 Å². The minimum atomic E-state index is 0.906. The van der Waals surface area contributed by atoms with Crippen LogP contribution in [0.15, 0.2) is 0 Å². The molecule has 0 heterocycles. The maximum atomic E-state index is 3.59. The first-order valence-corrected chi connectivity index (χ1v) is 7.84. The van der Waals surface area contributed by atoms with Crippen molar-refractivity contribution >= 4 is 47.8 Å². The summed E-state index contributed by atoms with van der Waals surface area (Å²) < 4.78 is 0. The highest BCUT2D eigenvalue weighted by Crippen LogP contribution is 2.35. The second-order valence-electron chi connectivity index (χ2n) is 3.77. The van der Waals surface area contributed by atoms with Crippen molar-refractivity contribution in [3.05, 3.63) is 0 Å². The molecule has 0 saturated heterocycles. The van der Waals surface area contributed by atoms with E-state index in [-0.39, 0.29) is 0 Å². The summed E-state index contributed by atoms with van der Waals surface area (Å²) >= 11 is 10.8. The van der Waals surface area contributed by atoms with Crippen molar-refractivity contribution in [3.8, 4) is 0 Å². The lowest BCUT2D eigenvalue weighted by Gasteiger charge is -2.32. The van der Waals surface area contributed by atoms with Gasteiger partial charge in [-0.15, -0.1) is 0 Å². The summed E-state index contributed by atoms with van der Waals surface area (Å²) in [6.07, 6.45) is 4.21. The normalized spacial score (nSPS) is 36.8. The molecule has 72 valence electrons. The third kappa shape index (κ3) is 3.30. The van der Waals surface area contributed by atoms with Crippen LogP contribution in [0.3, 0.4) is 0 Å². The quantitative estimate of drug-likeness (QED) is 0.660. The van der Waals surface area contributed by atoms with Crippen molar-refractivity contribution in [2.75, 3.05) is 16.0 Å². The van der Waals surface area contributed by atoms with E-state index in [4.69, 9.17) is 0 Å². The number of alkyl halides is 3. The lowest BCUT2D eigenvalue weighted by molar-refractivity contribution is 0.246. The van der Waals surface area contributed by atoms with Crippen LogP contribution < -0.4 is 0 Å². The first kappa shape index (κ1) is 11.5. The van der Waals surface area contributed by atoms with Crippen molar-refractivity contribution in [1.82, 2.24) is 0 Å².